The van der Waals surface area contributed by atoms with Crippen LogP contribution in [0.5, 0.6) is 0 Å². The van der Waals surface area contributed by atoms with Crippen molar-refractivity contribution in [3.63, 3.8) is 0 Å². The van der Waals surface area contributed by atoms with Crippen molar-refractivity contribution in [2.75, 3.05) is 6.61 Å². The minimum atomic E-state index is -0.592. The predicted molar refractivity (Wildman–Crippen MR) is 66.2 cm³/mol. The first-order chi connectivity index (χ1) is 7.76. The van der Waals surface area contributed by atoms with Gasteiger partial charge in [-0.3, -0.25) is 0 Å². The van der Waals surface area contributed by atoms with Crippen molar-refractivity contribution in [1.29, 1.82) is 0 Å². The Morgan fingerprint density at radius 1 is 1.06 bits per heavy atom. The molecule has 0 spiro atoms. The third kappa shape index (κ3) is 4.77. The van der Waals surface area contributed by atoms with E-state index in [-0.39, 0.29) is 6.61 Å². The highest BCUT2D eigenvalue weighted by atomic mass is 16.3. The fourth-order valence-electron chi connectivity index (χ4n) is 1.63. The van der Waals surface area contributed by atoms with Crippen molar-refractivity contribution in [3.05, 3.63) is 42.3 Å². The van der Waals surface area contributed by atoms with Gasteiger partial charge in [0.25, 0.3) is 0 Å². The van der Waals surface area contributed by atoms with E-state index in [1.165, 1.54) is 11.1 Å². The van der Waals surface area contributed by atoms with E-state index < -0.39 is 6.10 Å². The van der Waals surface area contributed by atoms with Gasteiger partial charge in [0.05, 0.1) is 12.7 Å². The van der Waals surface area contributed by atoms with Crippen LogP contribution in [0.15, 0.2) is 24.3 Å². The molecule has 0 amide bonds. The highest BCUT2D eigenvalue weighted by Crippen LogP contribution is 2.10. The number of benzene rings is 1. The number of aryl methyl sites for hydroxylation is 2. The van der Waals surface area contributed by atoms with Gasteiger partial charge in [0, 0.05) is 0 Å². The zero-order chi connectivity index (χ0) is 11.8. The molecule has 1 aromatic rings. The molecule has 0 heterocycles. The zero-order valence-electron chi connectivity index (χ0n) is 9.73. The Bertz CT molecular complexity index is 279. The predicted octanol–water partition coefficient (Wildman–Crippen LogP) is 2.13. The van der Waals surface area contributed by atoms with Crippen molar-refractivity contribution in [1.82, 2.24) is 0 Å². The van der Waals surface area contributed by atoms with E-state index in [0.29, 0.717) is 6.42 Å². The van der Waals surface area contributed by atoms with Gasteiger partial charge in [0.1, 0.15) is 0 Å². The van der Waals surface area contributed by atoms with Crippen molar-refractivity contribution >= 4 is 0 Å². The van der Waals surface area contributed by atoms with Crippen LogP contribution in [0.1, 0.15) is 30.4 Å². The number of hydrogen-bond donors (Lipinski definition) is 2. The third-order valence-electron chi connectivity index (χ3n) is 2.72. The summed E-state index contributed by atoms with van der Waals surface area (Å²) in [7, 11) is 0. The van der Waals surface area contributed by atoms with Gasteiger partial charge >= 0.3 is 0 Å². The highest BCUT2D eigenvalue weighted by molar-refractivity contribution is 5.22. The molecule has 2 N–H and O–H groups in total. The summed E-state index contributed by atoms with van der Waals surface area (Å²) in [6.07, 6.45) is 4.04. The Labute approximate surface area is 97.9 Å². The van der Waals surface area contributed by atoms with Gasteiger partial charge in [0.15, 0.2) is 0 Å². The van der Waals surface area contributed by atoms with Gasteiger partial charge in [0.2, 0.25) is 0 Å². The first-order valence-electron chi connectivity index (χ1n) is 5.92. The molecule has 0 aliphatic heterocycles. The van der Waals surface area contributed by atoms with Crippen LogP contribution in [-0.4, -0.2) is 22.9 Å². The number of aliphatic hydroxyl groups is 2. The zero-order valence-corrected chi connectivity index (χ0v) is 9.73. The summed E-state index contributed by atoms with van der Waals surface area (Å²) in [6.45, 7) is 3.67. The van der Waals surface area contributed by atoms with Gasteiger partial charge in [-0.2, -0.15) is 0 Å². The fraction of sp³-hybridized carbons (Fsp3) is 0.500. The van der Waals surface area contributed by atoms with Crippen LogP contribution in [0, 0.1) is 6.92 Å². The molecule has 1 atom stereocenters. The van der Waals surface area contributed by atoms with Gasteiger partial charge in [-0.05, 0) is 36.8 Å². The molecule has 1 aromatic carbocycles. The molecule has 1 rings (SSSR count). The Kier molecular flexibility index (Phi) is 6.12. The van der Waals surface area contributed by atoms with Crippen LogP contribution in [0.2, 0.25) is 0 Å². The van der Waals surface area contributed by atoms with Crippen LogP contribution in [-0.2, 0) is 12.8 Å². The summed E-state index contributed by atoms with van der Waals surface area (Å²) in [6, 6.07) is 8.47. The normalized spacial score (nSPS) is 12.7. The molecular weight excluding hydrogens is 200 g/mol. The molecule has 0 bridgehead atoms. The molecule has 0 aromatic heterocycles. The van der Waals surface area contributed by atoms with E-state index in [0.717, 1.165) is 25.7 Å². The number of unbranched alkanes of at least 4 members (excludes halogenated alkanes) is 1. The molecule has 89 valence electrons. The lowest BCUT2D eigenvalue weighted by Gasteiger charge is -2.07. The SMILES string of the molecule is [CH2]CCCc1ccc(CCC(O)CO)cc1. The summed E-state index contributed by atoms with van der Waals surface area (Å²) < 4.78 is 0. The van der Waals surface area contributed by atoms with Crippen LogP contribution in [0.3, 0.4) is 0 Å². The molecule has 0 fully saturated rings. The van der Waals surface area contributed by atoms with Crippen LogP contribution in [0.25, 0.3) is 0 Å². The van der Waals surface area contributed by atoms with Crippen LogP contribution >= 0.6 is 0 Å². The average Bonchev–Trinajstić information content (AvgIpc) is 2.34. The summed E-state index contributed by atoms with van der Waals surface area (Å²) in [5.74, 6) is 0. The second-order valence-corrected chi connectivity index (χ2v) is 4.15. The van der Waals surface area contributed by atoms with E-state index in [9.17, 15) is 5.11 Å². The lowest BCUT2D eigenvalue weighted by molar-refractivity contribution is 0.0886. The number of aliphatic hydroxyl groups excluding tert-OH is 2. The van der Waals surface area contributed by atoms with Crippen molar-refractivity contribution in [2.45, 2.75) is 38.2 Å². The first-order valence-corrected chi connectivity index (χ1v) is 5.92. The monoisotopic (exact) mass is 221 g/mol. The topological polar surface area (TPSA) is 40.5 Å². The molecule has 0 saturated heterocycles. The lowest BCUT2D eigenvalue weighted by Crippen LogP contribution is -2.12. The summed E-state index contributed by atoms with van der Waals surface area (Å²) >= 11 is 0. The smallest absolute Gasteiger partial charge is 0.0774 e. The third-order valence-corrected chi connectivity index (χ3v) is 2.72. The summed E-state index contributed by atoms with van der Waals surface area (Å²) in [4.78, 5) is 0. The van der Waals surface area contributed by atoms with E-state index in [1.54, 1.807) is 0 Å². The van der Waals surface area contributed by atoms with Gasteiger partial charge in [-0.25, -0.2) is 0 Å². The Morgan fingerprint density at radius 3 is 2.12 bits per heavy atom. The summed E-state index contributed by atoms with van der Waals surface area (Å²) in [5.41, 5.74) is 2.56. The van der Waals surface area contributed by atoms with Crippen molar-refractivity contribution in [2.24, 2.45) is 0 Å². The highest BCUT2D eigenvalue weighted by Gasteiger charge is 2.02. The van der Waals surface area contributed by atoms with E-state index in [2.05, 4.69) is 31.2 Å². The average molecular weight is 221 g/mol. The molecule has 2 heteroatoms. The quantitative estimate of drug-likeness (QED) is 0.740. The Morgan fingerprint density at radius 2 is 1.62 bits per heavy atom. The minimum Gasteiger partial charge on any atom is -0.394 e. The van der Waals surface area contributed by atoms with E-state index in [1.807, 2.05) is 0 Å². The van der Waals surface area contributed by atoms with E-state index >= 15 is 0 Å². The maximum absolute atomic E-state index is 9.23. The molecule has 0 saturated carbocycles. The molecule has 1 radical (unpaired) electrons. The number of hydrogen-bond acceptors (Lipinski definition) is 2. The fourth-order valence-corrected chi connectivity index (χ4v) is 1.63. The molecular formula is C14H21O2. The first kappa shape index (κ1) is 13.2. The second kappa shape index (κ2) is 7.42. The maximum Gasteiger partial charge on any atom is 0.0774 e. The summed E-state index contributed by atoms with van der Waals surface area (Å²) in [5, 5.41) is 17.9. The Balaban J connectivity index is 2.38. The van der Waals surface area contributed by atoms with Crippen LogP contribution < -0.4 is 0 Å². The second-order valence-electron chi connectivity index (χ2n) is 4.15. The molecule has 0 aliphatic rings. The largest absolute Gasteiger partial charge is 0.394 e. The molecule has 0 aliphatic carbocycles. The van der Waals surface area contributed by atoms with Gasteiger partial charge in [-0.1, -0.05) is 37.6 Å². The standard InChI is InChI=1S/C14H21O2/c1-2-3-4-12-5-7-13(8-6-12)9-10-14(16)11-15/h5-8,14-16H,1-4,9-11H2. The van der Waals surface area contributed by atoms with Gasteiger partial charge in [-0.15, -0.1) is 0 Å². The lowest BCUT2D eigenvalue weighted by atomic mass is 10.0. The maximum atomic E-state index is 9.23. The van der Waals surface area contributed by atoms with Crippen LogP contribution in [0.4, 0.5) is 0 Å². The van der Waals surface area contributed by atoms with Gasteiger partial charge < -0.3 is 10.2 Å². The van der Waals surface area contributed by atoms with Crippen molar-refractivity contribution < 1.29 is 10.2 Å². The molecule has 16 heavy (non-hydrogen) atoms. The Hall–Kier alpha value is -0.860. The minimum absolute atomic E-state index is 0.151. The number of rotatable bonds is 7. The molecule has 2 nitrogen and oxygen atoms in total. The van der Waals surface area contributed by atoms with E-state index in [4.69, 9.17) is 5.11 Å². The van der Waals surface area contributed by atoms with Crippen molar-refractivity contribution in [3.8, 4) is 0 Å². The molecule has 1 unspecified atom stereocenters.